The quantitative estimate of drug-likeness (QED) is 0.572. The van der Waals surface area contributed by atoms with Crippen molar-refractivity contribution in [3.05, 3.63) is 28.1 Å². The zero-order chi connectivity index (χ0) is 12.7. The van der Waals surface area contributed by atoms with Crippen LogP contribution in [0.15, 0.2) is 21.3 Å². The largest absolute Gasteiger partial charge is 0.508 e. The van der Waals surface area contributed by atoms with Crippen molar-refractivity contribution < 1.29 is 29.6 Å². The van der Waals surface area contributed by atoms with E-state index in [1.54, 1.807) is 0 Å². The van der Waals surface area contributed by atoms with Crippen molar-refractivity contribution >= 4 is 16.9 Å². The number of phenolic OH excluding ortho intramolecular Hbond substituents is 2. The minimum atomic E-state index is -1.63. The van der Waals surface area contributed by atoms with Gasteiger partial charge in [-0.15, -0.1) is 0 Å². The van der Waals surface area contributed by atoms with Gasteiger partial charge in [-0.2, -0.15) is 0 Å². The first-order valence-electron chi connectivity index (χ1n) is 4.37. The summed E-state index contributed by atoms with van der Waals surface area (Å²) in [5.74, 6) is -4.70. The zero-order valence-electron chi connectivity index (χ0n) is 8.17. The molecule has 0 saturated heterocycles. The lowest BCUT2D eigenvalue weighted by Crippen LogP contribution is -2.08. The van der Waals surface area contributed by atoms with Crippen molar-refractivity contribution in [3.8, 4) is 17.2 Å². The molecule has 0 amide bonds. The molecular weight excluding hydrogens is 232 g/mol. The van der Waals surface area contributed by atoms with Gasteiger partial charge in [0.1, 0.15) is 22.5 Å². The number of benzene rings is 1. The van der Waals surface area contributed by atoms with Gasteiger partial charge in [-0.05, 0) is 0 Å². The van der Waals surface area contributed by atoms with Gasteiger partial charge in [-0.1, -0.05) is 0 Å². The van der Waals surface area contributed by atoms with Crippen LogP contribution in [0.5, 0.6) is 17.2 Å². The number of hydrogen-bond donors (Lipinski definition) is 4. The van der Waals surface area contributed by atoms with E-state index < -0.39 is 39.8 Å². The fourth-order valence-electron chi connectivity index (χ4n) is 1.42. The molecule has 0 atom stereocenters. The normalized spacial score (nSPS) is 10.6. The molecular formula is C10H6O7. The molecule has 88 valence electrons. The molecule has 1 heterocycles. The van der Waals surface area contributed by atoms with Crippen molar-refractivity contribution in [1.82, 2.24) is 0 Å². The Morgan fingerprint density at radius 2 is 1.82 bits per heavy atom. The molecule has 0 saturated carbocycles. The van der Waals surface area contributed by atoms with Gasteiger partial charge < -0.3 is 24.8 Å². The van der Waals surface area contributed by atoms with Crippen LogP contribution in [0.25, 0.3) is 11.0 Å². The molecule has 0 unspecified atom stereocenters. The van der Waals surface area contributed by atoms with Crippen molar-refractivity contribution in [1.29, 1.82) is 0 Å². The Bertz CT molecular complexity index is 683. The van der Waals surface area contributed by atoms with Gasteiger partial charge in [0.15, 0.2) is 0 Å². The summed E-state index contributed by atoms with van der Waals surface area (Å²) in [6.07, 6.45) is 0. The molecule has 0 spiro atoms. The molecule has 7 nitrogen and oxygen atoms in total. The van der Waals surface area contributed by atoms with Gasteiger partial charge >= 0.3 is 5.97 Å². The molecule has 1 aromatic carbocycles. The van der Waals surface area contributed by atoms with Crippen LogP contribution in [0, 0.1) is 0 Å². The standard InChI is InChI=1S/C10H6O7/c11-3-1-4(12)6-5(2-3)17-9(10(15)16)8(14)7(6)13/h1-2,11-12,14H,(H,15,16). The van der Waals surface area contributed by atoms with E-state index in [9.17, 15) is 19.8 Å². The number of carboxylic acids is 1. The highest BCUT2D eigenvalue weighted by molar-refractivity contribution is 5.93. The van der Waals surface area contributed by atoms with E-state index in [-0.39, 0.29) is 5.58 Å². The number of fused-ring (bicyclic) bond motifs is 1. The molecule has 0 fully saturated rings. The van der Waals surface area contributed by atoms with E-state index in [0.29, 0.717) is 0 Å². The average molecular weight is 238 g/mol. The third kappa shape index (κ3) is 1.53. The molecule has 0 bridgehead atoms. The van der Waals surface area contributed by atoms with E-state index in [2.05, 4.69) is 0 Å². The highest BCUT2D eigenvalue weighted by Crippen LogP contribution is 2.30. The summed E-state index contributed by atoms with van der Waals surface area (Å²) >= 11 is 0. The second kappa shape index (κ2) is 3.41. The first-order valence-corrected chi connectivity index (χ1v) is 4.37. The van der Waals surface area contributed by atoms with Gasteiger partial charge in [0.2, 0.25) is 11.2 Å². The first kappa shape index (κ1) is 10.8. The fourth-order valence-corrected chi connectivity index (χ4v) is 1.42. The second-order valence-corrected chi connectivity index (χ2v) is 3.25. The number of carbonyl (C=O) groups is 1. The number of aromatic hydroxyl groups is 3. The molecule has 17 heavy (non-hydrogen) atoms. The minimum absolute atomic E-state index is 0.331. The third-order valence-corrected chi connectivity index (χ3v) is 2.13. The smallest absolute Gasteiger partial charge is 0.375 e. The maximum atomic E-state index is 11.6. The van der Waals surface area contributed by atoms with Gasteiger partial charge in [0.25, 0.3) is 5.76 Å². The van der Waals surface area contributed by atoms with Crippen LogP contribution >= 0.6 is 0 Å². The lowest BCUT2D eigenvalue weighted by Gasteiger charge is -2.04. The molecule has 4 N–H and O–H groups in total. The second-order valence-electron chi connectivity index (χ2n) is 3.25. The van der Waals surface area contributed by atoms with Crippen molar-refractivity contribution in [2.24, 2.45) is 0 Å². The van der Waals surface area contributed by atoms with Crippen LogP contribution in [-0.2, 0) is 0 Å². The topological polar surface area (TPSA) is 128 Å². The lowest BCUT2D eigenvalue weighted by atomic mass is 10.2. The molecule has 0 radical (unpaired) electrons. The summed E-state index contributed by atoms with van der Waals surface area (Å²) in [7, 11) is 0. The van der Waals surface area contributed by atoms with E-state index >= 15 is 0 Å². The molecule has 2 rings (SSSR count). The minimum Gasteiger partial charge on any atom is -0.508 e. The van der Waals surface area contributed by atoms with Crippen LogP contribution < -0.4 is 5.43 Å². The maximum Gasteiger partial charge on any atom is 0.375 e. The van der Waals surface area contributed by atoms with Crippen molar-refractivity contribution in [2.75, 3.05) is 0 Å². The number of hydrogen-bond acceptors (Lipinski definition) is 6. The van der Waals surface area contributed by atoms with Gasteiger partial charge in [0, 0.05) is 12.1 Å². The Balaban J connectivity index is 3.01. The molecule has 0 aliphatic heterocycles. The third-order valence-electron chi connectivity index (χ3n) is 2.13. The zero-order valence-corrected chi connectivity index (χ0v) is 8.17. The predicted molar refractivity (Wildman–Crippen MR) is 54.4 cm³/mol. The summed E-state index contributed by atoms with van der Waals surface area (Å²) in [6.45, 7) is 0. The Hall–Kier alpha value is -2.70. The summed E-state index contributed by atoms with van der Waals surface area (Å²) in [6, 6.07) is 1.83. The van der Waals surface area contributed by atoms with Crippen molar-refractivity contribution in [3.63, 3.8) is 0 Å². The average Bonchev–Trinajstić information content (AvgIpc) is 2.21. The monoisotopic (exact) mass is 238 g/mol. The van der Waals surface area contributed by atoms with E-state index in [0.717, 1.165) is 12.1 Å². The summed E-state index contributed by atoms with van der Waals surface area (Å²) < 4.78 is 4.73. The highest BCUT2D eigenvalue weighted by Gasteiger charge is 2.21. The SMILES string of the molecule is O=C(O)c1oc2cc(O)cc(O)c2c(=O)c1O. The Morgan fingerprint density at radius 3 is 2.41 bits per heavy atom. The van der Waals surface area contributed by atoms with Crippen LogP contribution in [0.3, 0.4) is 0 Å². The number of aromatic carboxylic acids is 1. The summed E-state index contributed by atoms with van der Waals surface area (Å²) in [5, 5.41) is 36.1. The fraction of sp³-hybridized carbons (Fsp3) is 0. The predicted octanol–water partition coefficient (Wildman–Crippen LogP) is 0.608. The molecule has 0 aliphatic rings. The van der Waals surface area contributed by atoms with Crippen LogP contribution in [-0.4, -0.2) is 26.4 Å². The molecule has 1 aromatic heterocycles. The highest BCUT2D eigenvalue weighted by atomic mass is 16.4. The van der Waals surface area contributed by atoms with E-state index in [1.165, 1.54) is 0 Å². The van der Waals surface area contributed by atoms with Gasteiger partial charge in [-0.25, -0.2) is 4.79 Å². The van der Waals surface area contributed by atoms with E-state index in [1.807, 2.05) is 0 Å². The Kier molecular flexibility index (Phi) is 2.17. The van der Waals surface area contributed by atoms with Crippen LogP contribution in [0.4, 0.5) is 0 Å². The number of carboxylic acid groups (broad SMARTS) is 1. The van der Waals surface area contributed by atoms with Crippen LogP contribution in [0.1, 0.15) is 10.6 Å². The summed E-state index contributed by atoms with van der Waals surface area (Å²) in [4.78, 5) is 22.2. The van der Waals surface area contributed by atoms with Gasteiger partial charge in [0.05, 0.1) is 0 Å². The Labute approximate surface area is 92.8 Å². The maximum absolute atomic E-state index is 11.6. The molecule has 0 aliphatic carbocycles. The van der Waals surface area contributed by atoms with Crippen molar-refractivity contribution in [2.45, 2.75) is 0 Å². The number of rotatable bonds is 1. The Morgan fingerprint density at radius 1 is 1.18 bits per heavy atom. The summed E-state index contributed by atoms with van der Waals surface area (Å²) in [5.41, 5.74) is -1.41. The molecule has 2 aromatic rings. The molecule has 7 heteroatoms. The van der Waals surface area contributed by atoms with E-state index in [4.69, 9.17) is 14.6 Å². The van der Waals surface area contributed by atoms with Gasteiger partial charge in [-0.3, -0.25) is 4.79 Å². The lowest BCUT2D eigenvalue weighted by molar-refractivity contribution is 0.0657. The number of phenols is 2. The first-order chi connectivity index (χ1) is 7.91. The van der Waals surface area contributed by atoms with Crippen LogP contribution in [0.2, 0.25) is 0 Å².